The molecular formula is C15H30N2. The Bertz CT molecular complexity index is 201. The fraction of sp³-hybridized carbons (Fsp3) is 1.00. The molecule has 0 aromatic carbocycles. The van der Waals surface area contributed by atoms with Crippen LogP contribution in [0, 0.1) is 5.92 Å². The first-order valence-corrected chi connectivity index (χ1v) is 7.86. The Morgan fingerprint density at radius 3 is 2.59 bits per heavy atom. The SMILES string of the molecule is CCCCCCCCN1CCNC(C2CC2)C1. The third-order valence-corrected chi connectivity index (χ3v) is 4.31. The van der Waals surface area contributed by atoms with Crippen molar-refractivity contribution in [2.75, 3.05) is 26.2 Å². The molecule has 1 aliphatic heterocycles. The molecule has 1 saturated heterocycles. The molecule has 2 nitrogen and oxygen atoms in total. The van der Waals surface area contributed by atoms with Gasteiger partial charge >= 0.3 is 0 Å². The third kappa shape index (κ3) is 4.97. The van der Waals surface area contributed by atoms with Gasteiger partial charge < -0.3 is 10.2 Å². The molecule has 0 amide bonds. The van der Waals surface area contributed by atoms with Crippen LogP contribution in [0.25, 0.3) is 0 Å². The highest BCUT2D eigenvalue weighted by atomic mass is 15.2. The fourth-order valence-electron chi connectivity index (χ4n) is 2.98. The third-order valence-electron chi connectivity index (χ3n) is 4.31. The molecule has 2 aliphatic rings. The van der Waals surface area contributed by atoms with Gasteiger partial charge in [0, 0.05) is 25.7 Å². The lowest BCUT2D eigenvalue weighted by atomic mass is 10.1. The molecule has 17 heavy (non-hydrogen) atoms. The lowest BCUT2D eigenvalue weighted by molar-refractivity contribution is 0.185. The second-order valence-electron chi connectivity index (χ2n) is 5.97. The van der Waals surface area contributed by atoms with E-state index < -0.39 is 0 Å². The molecule has 1 saturated carbocycles. The van der Waals surface area contributed by atoms with Gasteiger partial charge in [-0.1, -0.05) is 39.0 Å². The Labute approximate surface area is 107 Å². The summed E-state index contributed by atoms with van der Waals surface area (Å²) in [5.41, 5.74) is 0. The predicted molar refractivity (Wildman–Crippen MR) is 74.3 cm³/mol. The zero-order chi connectivity index (χ0) is 11.9. The molecule has 2 heteroatoms. The van der Waals surface area contributed by atoms with Crippen molar-refractivity contribution >= 4 is 0 Å². The van der Waals surface area contributed by atoms with Crippen LogP contribution in [0.15, 0.2) is 0 Å². The van der Waals surface area contributed by atoms with Crippen LogP contribution < -0.4 is 5.32 Å². The van der Waals surface area contributed by atoms with Gasteiger partial charge in [0.05, 0.1) is 0 Å². The first kappa shape index (κ1) is 13.4. The summed E-state index contributed by atoms with van der Waals surface area (Å²) in [6.07, 6.45) is 11.5. The Kier molecular flexibility index (Phi) is 5.79. The first-order chi connectivity index (χ1) is 8.40. The van der Waals surface area contributed by atoms with Crippen molar-refractivity contribution in [3.63, 3.8) is 0 Å². The normalized spacial score (nSPS) is 26.3. The van der Waals surface area contributed by atoms with Crippen LogP contribution >= 0.6 is 0 Å². The predicted octanol–water partition coefficient (Wildman–Crippen LogP) is 3.03. The van der Waals surface area contributed by atoms with E-state index in [4.69, 9.17) is 0 Å². The highest BCUT2D eigenvalue weighted by molar-refractivity contribution is 4.91. The molecule has 1 aliphatic carbocycles. The van der Waals surface area contributed by atoms with E-state index >= 15 is 0 Å². The molecule has 1 heterocycles. The molecule has 0 aromatic heterocycles. The monoisotopic (exact) mass is 238 g/mol. The van der Waals surface area contributed by atoms with E-state index in [2.05, 4.69) is 17.1 Å². The Balaban J connectivity index is 1.49. The topological polar surface area (TPSA) is 15.3 Å². The van der Waals surface area contributed by atoms with Gasteiger partial charge in [-0.3, -0.25) is 0 Å². The molecule has 2 rings (SSSR count). The van der Waals surface area contributed by atoms with Crippen LogP contribution in [-0.2, 0) is 0 Å². The Morgan fingerprint density at radius 1 is 1.06 bits per heavy atom. The van der Waals surface area contributed by atoms with Crippen molar-refractivity contribution in [3.8, 4) is 0 Å². The van der Waals surface area contributed by atoms with Crippen LogP contribution in [0.3, 0.4) is 0 Å². The van der Waals surface area contributed by atoms with E-state index in [1.165, 1.54) is 77.5 Å². The number of hydrogen-bond donors (Lipinski definition) is 1. The quantitative estimate of drug-likeness (QED) is 0.654. The summed E-state index contributed by atoms with van der Waals surface area (Å²) in [4.78, 5) is 2.69. The van der Waals surface area contributed by atoms with Crippen molar-refractivity contribution in [2.45, 2.75) is 64.3 Å². The van der Waals surface area contributed by atoms with Crippen LogP contribution in [-0.4, -0.2) is 37.1 Å². The number of hydrogen-bond acceptors (Lipinski definition) is 2. The van der Waals surface area contributed by atoms with Gasteiger partial charge in [-0.2, -0.15) is 0 Å². The summed E-state index contributed by atoms with van der Waals surface area (Å²) in [5, 5.41) is 3.69. The van der Waals surface area contributed by atoms with Crippen molar-refractivity contribution in [1.82, 2.24) is 10.2 Å². The summed E-state index contributed by atoms with van der Waals surface area (Å²) >= 11 is 0. The van der Waals surface area contributed by atoms with Gasteiger partial charge in [0.15, 0.2) is 0 Å². The highest BCUT2D eigenvalue weighted by Crippen LogP contribution is 2.33. The van der Waals surface area contributed by atoms with Gasteiger partial charge in [-0.25, -0.2) is 0 Å². The molecule has 2 fully saturated rings. The lowest BCUT2D eigenvalue weighted by Gasteiger charge is -2.33. The van der Waals surface area contributed by atoms with Crippen molar-refractivity contribution in [3.05, 3.63) is 0 Å². The molecule has 100 valence electrons. The molecule has 0 spiro atoms. The molecule has 1 N–H and O–H groups in total. The number of nitrogens with one attached hydrogen (secondary N) is 1. The van der Waals surface area contributed by atoms with Gasteiger partial charge in [-0.05, 0) is 31.7 Å². The van der Waals surface area contributed by atoms with E-state index in [1.807, 2.05) is 0 Å². The summed E-state index contributed by atoms with van der Waals surface area (Å²) < 4.78 is 0. The number of unbranched alkanes of at least 4 members (excludes halogenated alkanes) is 5. The van der Waals surface area contributed by atoms with E-state index in [0.717, 1.165) is 12.0 Å². The second kappa shape index (κ2) is 7.38. The summed E-state index contributed by atoms with van der Waals surface area (Å²) in [7, 11) is 0. The minimum Gasteiger partial charge on any atom is -0.311 e. The van der Waals surface area contributed by atoms with Gasteiger partial charge in [0.25, 0.3) is 0 Å². The maximum atomic E-state index is 3.69. The number of rotatable bonds is 8. The second-order valence-corrected chi connectivity index (χ2v) is 5.97. The van der Waals surface area contributed by atoms with Gasteiger partial charge in [-0.15, -0.1) is 0 Å². The highest BCUT2D eigenvalue weighted by Gasteiger charge is 2.33. The first-order valence-electron chi connectivity index (χ1n) is 7.86. The average Bonchev–Trinajstić information content (AvgIpc) is 3.18. The number of piperazine rings is 1. The maximum absolute atomic E-state index is 3.69. The summed E-state index contributed by atoms with van der Waals surface area (Å²) in [6, 6.07) is 0.823. The van der Waals surface area contributed by atoms with E-state index in [-0.39, 0.29) is 0 Å². The molecular weight excluding hydrogens is 208 g/mol. The minimum absolute atomic E-state index is 0.823. The smallest absolute Gasteiger partial charge is 0.0223 e. The number of nitrogens with zero attached hydrogens (tertiary/aromatic N) is 1. The minimum atomic E-state index is 0.823. The Hall–Kier alpha value is -0.0800. The van der Waals surface area contributed by atoms with Crippen LogP contribution in [0.2, 0.25) is 0 Å². The zero-order valence-electron chi connectivity index (χ0n) is 11.6. The van der Waals surface area contributed by atoms with Gasteiger partial charge in [0.1, 0.15) is 0 Å². The van der Waals surface area contributed by atoms with Crippen LogP contribution in [0.5, 0.6) is 0 Å². The summed E-state index contributed by atoms with van der Waals surface area (Å²) in [5.74, 6) is 1.02. The standard InChI is InChI=1S/C15H30N2/c1-2-3-4-5-6-7-11-17-12-10-16-15(13-17)14-8-9-14/h14-16H,2-13H2,1H3. The van der Waals surface area contributed by atoms with Crippen molar-refractivity contribution in [2.24, 2.45) is 5.92 Å². The average molecular weight is 238 g/mol. The largest absolute Gasteiger partial charge is 0.311 e. The molecule has 0 bridgehead atoms. The van der Waals surface area contributed by atoms with Crippen molar-refractivity contribution < 1.29 is 0 Å². The molecule has 0 aromatic rings. The zero-order valence-corrected chi connectivity index (χ0v) is 11.6. The fourth-order valence-corrected chi connectivity index (χ4v) is 2.98. The summed E-state index contributed by atoms with van der Waals surface area (Å²) in [6.45, 7) is 7.45. The van der Waals surface area contributed by atoms with E-state index in [9.17, 15) is 0 Å². The van der Waals surface area contributed by atoms with Crippen LogP contribution in [0.4, 0.5) is 0 Å². The van der Waals surface area contributed by atoms with Crippen molar-refractivity contribution in [1.29, 1.82) is 0 Å². The lowest BCUT2D eigenvalue weighted by Crippen LogP contribution is -2.51. The van der Waals surface area contributed by atoms with E-state index in [0.29, 0.717) is 0 Å². The van der Waals surface area contributed by atoms with Gasteiger partial charge in [0.2, 0.25) is 0 Å². The molecule has 1 unspecified atom stereocenters. The van der Waals surface area contributed by atoms with Crippen LogP contribution in [0.1, 0.15) is 58.3 Å². The Morgan fingerprint density at radius 2 is 1.82 bits per heavy atom. The van der Waals surface area contributed by atoms with E-state index in [1.54, 1.807) is 0 Å². The molecule has 0 radical (unpaired) electrons. The molecule has 1 atom stereocenters. The maximum Gasteiger partial charge on any atom is 0.0223 e.